The Morgan fingerprint density at radius 1 is 1.67 bits per heavy atom. The highest BCUT2D eigenvalue weighted by Gasteiger charge is 2.30. The first kappa shape index (κ1) is 14.3. The second-order valence-corrected chi connectivity index (χ2v) is 3.67. The van der Waals surface area contributed by atoms with E-state index in [0.717, 1.165) is 6.07 Å². The Hall–Kier alpha value is -1.73. The number of ether oxygens (including phenoxy) is 1. The van der Waals surface area contributed by atoms with Crippen molar-refractivity contribution >= 4 is 23.3 Å². The molecule has 1 aromatic rings. The normalized spacial score (nSPS) is 11.9. The van der Waals surface area contributed by atoms with Crippen LogP contribution in [0.25, 0.3) is 0 Å². The number of rotatable bonds is 5. The van der Waals surface area contributed by atoms with Crippen molar-refractivity contribution in [2.75, 3.05) is 13.2 Å². The Balaban J connectivity index is 3.22. The zero-order chi connectivity index (χ0) is 13.7. The first-order chi connectivity index (χ1) is 8.51. The van der Waals surface area contributed by atoms with E-state index in [4.69, 9.17) is 21.4 Å². The van der Waals surface area contributed by atoms with Crippen LogP contribution in [0.3, 0.4) is 0 Å². The monoisotopic (exact) mass is 274 g/mol. The van der Waals surface area contributed by atoms with Crippen LogP contribution < -0.4 is 0 Å². The quantitative estimate of drug-likeness (QED) is 0.375. The third kappa shape index (κ3) is 3.14. The summed E-state index contributed by atoms with van der Waals surface area (Å²) in [4.78, 5) is 25.4. The summed E-state index contributed by atoms with van der Waals surface area (Å²) >= 11 is 5.64. The van der Waals surface area contributed by atoms with Crippen molar-refractivity contribution in [3.05, 3.63) is 33.1 Å². The van der Waals surface area contributed by atoms with Crippen molar-refractivity contribution in [3.63, 3.8) is 0 Å². The first-order valence-electron chi connectivity index (χ1n) is 5.09. The van der Waals surface area contributed by atoms with Crippen LogP contribution in [0.15, 0.2) is 12.1 Å². The molecule has 0 amide bonds. The molecule has 0 saturated carbocycles. The van der Waals surface area contributed by atoms with Gasteiger partial charge in [-0.3, -0.25) is 14.9 Å². The topological polar surface area (TPSA) is 103 Å². The summed E-state index contributed by atoms with van der Waals surface area (Å²) in [5, 5.41) is 20.0. The highest BCUT2D eigenvalue weighted by Crippen LogP contribution is 2.27. The van der Waals surface area contributed by atoms with Crippen LogP contribution in [-0.2, 0) is 9.53 Å². The molecule has 0 aliphatic rings. The van der Waals surface area contributed by atoms with Crippen molar-refractivity contribution in [1.29, 1.82) is 0 Å². The van der Waals surface area contributed by atoms with E-state index in [9.17, 15) is 14.9 Å². The summed E-state index contributed by atoms with van der Waals surface area (Å²) in [7, 11) is 0. The van der Waals surface area contributed by atoms with Crippen molar-refractivity contribution in [3.8, 4) is 0 Å². The Bertz CT molecular complexity index is 466. The van der Waals surface area contributed by atoms with E-state index in [0.29, 0.717) is 0 Å². The number of aliphatic hydroxyl groups is 1. The Morgan fingerprint density at radius 2 is 2.33 bits per heavy atom. The number of pyridine rings is 1. The van der Waals surface area contributed by atoms with Crippen molar-refractivity contribution in [1.82, 2.24) is 4.98 Å². The van der Waals surface area contributed by atoms with E-state index in [-0.39, 0.29) is 23.1 Å². The number of esters is 1. The number of nitrogens with zero attached hydrogens (tertiary/aromatic N) is 2. The summed E-state index contributed by atoms with van der Waals surface area (Å²) < 4.78 is 4.72. The van der Waals surface area contributed by atoms with Gasteiger partial charge in [0.2, 0.25) is 0 Å². The van der Waals surface area contributed by atoms with E-state index in [1.165, 1.54) is 6.07 Å². The van der Waals surface area contributed by atoms with Gasteiger partial charge in [-0.15, -0.1) is 0 Å². The van der Waals surface area contributed by atoms with E-state index in [1.807, 2.05) is 0 Å². The third-order valence-corrected chi connectivity index (χ3v) is 2.36. The molecule has 0 bridgehead atoms. The number of carbonyl (C=O) groups is 1. The van der Waals surface area contributed by atoms with E-state index in [1.54, 1.807) is 6.92 Å². The van der Waals surface area contributed by atoms with Gasteiger partial charge in [0.05, 0.1) is 18.1 Å². The van der Waals surface area contributed by atoms with Crippen molar-refractivity contribution < 1.29 is 19.6 Å². The van der Waals surface area contributed by atoms with E-state index in [2.05, 4.69) is 4.98 Å². The molecule has 0 saturated heterocycles. The summed E-state index contributed by atoms with van der Waals surface area (Å²) in [5.74, 6) is -2.00. The SMILES string of the molecule is CCOC(=O)C(CO)c1nc(Cl)ccc1[N+](=O)[O-]. The van der Waals surface area contributed by atoms with Gasteiger partial charge in [0.15, 0.2) is 0 Å². The van der Waals surface area contributed by atoms with Crippen LogP contribution >= 0.6 is 11.6 Å². The number of nitro groups is 1. The molecule has 1 unspecified atom stereocenters. The largest absolute Gasteiger partial charge is 0.465 e. The lowest BCUT2D eigenvalue weighted by Gasteiger charge is -2.12. The van der Waals surface area contributed by atoms with Crippen LogP contribution in [0.5, 0.6) is 0 Å². The molecule has 0 aliphatic heterocycles. The Morgan fingerprint density at radius 3 is 2.83 bits per heavy atom. The standard InChI is InChI=1S/C10H11ClN2O5/c1-2-18-10(15)6(5-14)9-7(13(16)17)3-4-8(11)12-9/h3-4,6,14H,2,5H2,1H3. The molecule has 0 aliphatic carbocycles. The fraction of sp³-hybridized carbons (Fsp3) is 0.400. The maximum absolute atomic E-state index is 11.6. The molecule has 1 atom stereocenters. The fourth-order valence-corrected chi connectivity index (χ4v) is 1.52. The molecule has 0 fully saturated rings. The zero-order valence-corrected chi connectivity index (χ0v) is 10.3. The van der Waals surface area contributed by atoms with Crippen LogP contribution in [0.4, 0.5) is 5.69 Å². The second-order valence-electron chi connectivity index (χ2n) is 3.28. The highest BCUT2D eigenvalue weighted by atomic mass is 35.5. The number of aromatic nitrogens is 1. The van der Waals surface area contributed by atoms with Gasteiger partial charge in [0, 0.05) is 6.07 Å². The molecule has 7 nitrogen and oxygen atoms in total. The lowest BCUT2D eigenvalue weighted by atomic mass is 10.0. The van der Waals surface area contributed by atoms with Crippen LogP contribution in [0.1, 0.15) is 18.5 Å². The summed E-state index contributed by atoms with van der Waals surface area (Å²) in [5.41, 5.74) is -0.583. The van der Waals surface area contributed by atoms with Gasteiger partial charge in [-0.2, -0.15) is 0 Å². The minimum Gasteiger partial charge on any atom is -0.465 e. The van der Waals surface area contributed by atoms with Crippen molar-refractivity contribution in [2.24, 2.45) is 0 Å². The maximum Gasteiger partial charge on any atom is 0.317 e. The first-order valence-corrected chi connectivity index (χ1v) is 5.47. The molecule has 1 aromatic heterocycles. The van der Waals surface area contributed by atoms with E-state index >= 15 is 0 Å². The molecule has 98 valence electrons. The lowest BCUT2D eigenvalue weighted by molar-refractivity contribution is -0.386. The van der Waals surface area contributed by atoms with Gasteiger partial charge in [0.25, 0.3) is 5.69 Å². The summed E-state index contributed by atoms with van der Waals surface area (Å²) in [6.07, 6.45) is 0. The highest BCUT2D eigenvalue weighted by molar-refractivity contribution is 6.29. The van der Waals surface area contributed by atoms with Gasteiger partial charge in [-0.25, -0.2) is 4.98 Å². The smallest absolute Gasteiger partial charge is 0.317 e. The summed E-state index contributed by atoms with van der Waals surface area (Å²) in [6, 6.07) is 2.37. The molecule has 1 rings (SSSR count). The van der Waals surface area contributed by atoms with Gasteiger partial charge >= 0.3 is 5.97 Å². The number of hydrogen-bond acceptors (Lipinski definition) is 6. The molecular formula is C10H11ClN2O5. The van der Waals surface area contributed by atoms with Gasteiger partial charge in [-0.1, -0.05) is 11.6 Å². The number of carbonyl (C=O) groups excluding carboxylic acids is 1. The number of aliphatic hydroxyl groups excluding tert-OH is 1. The Kier molecular flexibility index (Phi) is 4.99. The molecule has 0 aromatic carbocycles. The predicted molar refractivity (Wildman–Crippen MR) is 62.4 cm³/mol. The van der Waals surface area contributed by atoms with Crippen LogP contribution in [0.2, 0.25) is 5.15 Å². The minimum atomic E-state index is -1.22. The maximum atomic E-state index is 11.6. The van der Waals surface area contributed by atoms with Gasteiger partial charge in [0.1, 0.15) is 16.8 Å². The van der Waals surface area contributed by atoms with Crippen molar-refractivity contribution in [2.45, 2.75) is 12.8 Å². The minimum absolute atomic E-state index is 0.00153. The lowest BCUT2D eigenvalue weighted by Crippen LogP contribution is -2.21. The summed E-state index contributed by atoms with van der Waals surface area (Å²) in [6.45, 7) is 1.04. The zero-order valence-electron chi connectivity index (χ0n) is 9.50. The molecular weight excluding hydrogens is 264 g/mol. The molecule has 8 heteroatoms. The number of halogens is 1. The van der Waals surface area contributed by atoms with Crippen LogP contribution in [-0.4, -0.2) is 34.2 Å². The average molecular weight is 275 g/mol. The third-order valence-electron chi connectivity index (χ3n) is 2.15. The fourth-order valence-electron chi connectivity index (χ4n) is 1.37. The molecule has 1 N–H and O–H groups in total. The molecule has 18 heavy (non-hydrogen) atoms. The number of hydrogen-bond donors (Lipinski definition) is 1. The molecule has 0 spiro atoms. The second kappa shape index (κ2) is 6.27. The predicted octanol–water partition coefficient (Wildman–Crippen LogP) is 1.28. The average Bonchev–Trinajstić information content (AvgIpc) is 2.30. The molecule has 1 heterocycles. The molecule has 0 radical (unpaired) electrons. The van der Waals surface area contributed by atoms with E-state index < -0.39 is 23.4 Å². The van der Waals surface area contributed by atoms with Gasteiger partial charge in [-0.05, 0) is 13.0 Å². The van der Waals surface area contributed by atoms with Gasteiger partial charge < -0.3 is 9.84 Å². The Labute approximate surface area is 108 Å². The van der Waals surface area contributed by atoms with Crippen LogP contribution in [0, 0.1) is 10.1 Å².